The van der Waals surface area contributed by atoms with Gasteiger partial charge in [0, 0.05) is 24.5 Å². The summed E-state index contributed by atoms with van der Waals surface area (Å²) in [6.07, 6.45) is 2.87. The Morgan fingerprint density at radius 1 is 1.16 bits per heavy atom. The van der Waals surface area contributed by atoms with Crippen molar-refractivity contribution in [1.29, 1.82) is 0 Å². The minimum atomic E-state index is -0.982. The molecule has 4 rings (SSSR count). The molecule has 2 aromatic carbocycles. The summed E-state index contributed by atoms with van der Waals surface area (Å²) in [5.41, 5.74) is 0.928. The number of hydrogen-bond donors (Lipinski definition) is 1. The molecule has 0 bridgehead atoms. The quantitative estimate of drug-likeness (QED) is 0.738. The van der Waals surface area contributed by atoms with Crippen molar-refractivity contribution in [3.05, 3.63) is 75.6 Å². The van der Waals surface area contributed by atoms with Gasteiger partial charge in [0.15, 0.2) is 0 Å². The molecule has 0 unspecified atom stereocenters. The monoisotopic (exact) mass is 340 g/mol. The van der Waals surface area contributed by atoms with E-state index in [-0.39, 0.29) is 16.5 Å². The van der Waals surface area contributed by atoms with E-state index in [4.69, 9.17) is 0 Å². The lowest BCUT2D eigenvalue weighted by molar-refractivity contribution is 0.0984. The van der Waals surface area contributed by atoms with Crippen molar-refractivity contribution in [1.82, 2.24) is 4.98 Å². The Hall–Kier alpha value is -3.02. The normalized spacial score (nSPS) is 13.8. The first-order chi connectivity index (χ1) is 12.1. The summed E-state index contributed by atoms with van der Waals surface area (Å²) in [4.78, 5) is 29.7. The molecule has 1 aromatic heterocycles. The first-order valence-electron chi connectivity index (χ1n) is 7.96. The topological polar surface area (TPSA) is 53.2 Å². The largest absolute Gasteiger partial charge is 0.360 e. The summed E-state index contributed by atoms with van der Waals surface area (Å²) < 4.78 is 27.4. The number of halogens is 2. The van der Waals surface area contributed by atoms with Crippen LogP contribution < -0.4 is 10.3 Å². The Kier molecular flexibility index (Phi) is 3.60. The van der Waals surface area contributed by atoms with Crippen LogP contribution >= 0.6 is 0 Å². The minimum absolute atomic E-state index is 0.0260. The molecule has 1 amide bonds. The van der Waals surface area contributed by atoms with Crippen LogP contribution in [-0.4, -0.2) is 17.4 Å². The highest BCUT2D eigenvalue weighted by Crippen LogP contribution is 2.28. The predicted octanol–water partition coefficient (Wildman–Crippen LogP) is 3.40. The molecule has 2 heterocycles. The molecule has 0 saturated carbocycles. The Labute approximate surface area is 141 Å². The number of amides is 1. The second-order valence-corrected chi connectivity index (χ2v) is 6.03. The van der Waals surface area contributed by atoms with E-state index in [1.54, 1.807) is 0 Å². The van der Waals surface area contributed by atoms with Gasteiger partial charge in [0.25, 0.3) is 5.91 Å². The van der Waals surface area contributed by atoms with E-state index in [1.807, 2.05) is 24.3 Å². The predicted molar refractivity (Wildman–Crippen MR) is 90.9 cm³/mol. The van der Waals surface area contributed by atoms with Gasteiger partial charge in [-0.2, -0.15) is 0 Å². The molecule has 4 nitrogen and oxygen atoms in total. The summed E-state index contributed by atoms with van der Waals surface area (Å²) in [6.45, 7) is 0.485. The van der Waals surface area contributed by atoms with Gasteiger partial charge in [0.1, 0.15) is 17.2 Å². The molecular weight excluding hydrogens is 326 g/mol. The number of pyridine rings is 1. The van der Waals surface area contributed by atoms with Gasteiger partial charge < -0.3 is 9.88 Å². The number of nitrogens with one attached hydrogen (secondary N) is 1. The molecule has 0 fully saturated rings. The lowest BCUT2D eigenvalue weighted by Crippen LogP contribution is -2.38. The third-order valence-corrected chi connectivity index (χ3v) is 4.48. The Balaban J connectivity index is 1.85. The zero-order valence-corrected chi connectivity index (χ0v) is 13.2. The number of para-hydroxylation sites is 1. The van der Waals surface area contributed by atoms with E-state index in [1.165, 1.54) is 11.1 Å². The maximum atomic E-state index is 14.0. The van der Waals surface area contributed by atoms with Gasteiger partial charge in [-0.15, -0.1) is 0 Å². The van der Waals surface area contributed by atoms with Gasteiger partial charge in [-0.1, -0.05) is 18.2 Å². The van der Waals surface area contributed by atoms with E-state index in [0.29, 0.717) is 12.6 Å². The van der Waals surface area contributed by atoms with Crippen LogP contribution in [0.2, 0.25) is 0 Å². The number of carbonyl (C=O) groups is 1. The molecule has 0 aliphatic carbocycles. The van der Waals surface area contributed by atoms with Crippen LogP contribution in [0.15, 0.2) is 47.4 Å². The minimum Gasteiger partial charge on any atom is -0.360 e. The van der Waals surface area contributed by atoms with Gasteiger partial charge in [0.05, 0.1) is 10.9 Å². The van der Waals surface area contributed by atoms with Crippen LogP contribution in [0, 0.1) is 11.6 Å². The summed E-state index contributed by atoms with van der Waals surface area (Å²) in [7, 11) is 0. The number of benzene rings is 2. The van der Waals surface area contributed by atoms with Gasteiger partial charge in [-0.3, -0.25) is 9.59 Å². The van der Waals surface area contributed by atoms with Crippen LogP contribution in [0.5, 0.6) is 0 Å². The summed E-state index contributed by atoms with van der Waals surface area (Å²) in [6, 6.07) is 9.18. The molecule has 0 radical (unpaired) electrons. The molecule has 126 valence electrons. The first kappa shape index (κ1) is 15.5. The van der Waals surface area contributed by atoms with Gasteiger partial charge in [-0.05, 0) is 30.5 Å². The van der Waals surface area contributed by atoms with Crippen molar-refractivity contribution in [2.24, 2.45) is 0 Å². The van der Waals surface area contributed by atoms with Crippen molar-refractivity contribution in [3.63, 3.8) is 0 Å². The van der Waals surface area contributed by atoms with Crippen LogP contribution in [0.4, 0.5) is 14.5 Å². The molecule has 1 N–H and O–H groups in total. The fraction of sp³-hybridized carbons (Fsp3) is 0.158. The zero-order chi connectivity index (χ0) is 17.6. The van der Waals surface area contributed by atoms with E-state index in [2.05, 4.69) is 4.98 Å². The zero-order valence-electron chi connectivity index (χ0n) is 13.2. The van der Waals surface area contributed by atoms with Crippen LogP contribution in [0.1, 0.15) is 22.3 Å². The van der Waals surface area contributed by atoms with Gasteiger partial charge >= 0.3 is 0 Å². The molecular formula is C19H14F2N2O2. The van der Waals surface area contributed by atoms with E-state index >= 15 is 0 Å². The second kappa shape index (κ2) is 5.81. The fourth-order valence-corrected chi connectivity index (χ4v) is 3.32. The lowest BCUT2D eigenvalue weighted by atomic mass is 10.0. The van der Waals surface area contributed by atoms with Gasteiger partial charge in [0.2, 0.25) is 5.43 Å². The maximum absolute atomic E-state index is 14.0. The molecule has 25 heavy (non-hydrogen) atoms. The number of anilines is 1. The fourth-order valence-electron chi connectivity index (χ4n) is 3.32. The number of aryl methyl sites for hydroxylation is 1. The molecule has 0 saturated heterocycles. The standard InChI is InChI=1S/C19H14F2N2O2/c20-12-8-14(21)17-15(9-12)22-10-13(18(17)24)19(25)23-7-3-5-11-4-1-2-6-16(11)23/h1-2,4,6,8-10H,3,5,7H2,(H,22,24). The maximum Gasteiger partial charge on any atom is 0.263 e. The number of H-pyrrole nitrogens is 1. The Morgan fingerprint density at radius 2 is 1.96 bits per heavy atom. The highest BCUT2D eigenvalue weighted by Gasteiger charge is 2.26. The number of hydrogen-bond acceptors (Lipinski definition) is 2. The molecule has 6 heteroatoms. The smallest absolute Gasteiger partial charge is 0.263 e. The highest BCUT2D eigenvalue weighted by atomic mass is 19.1. The first-order valence-corrected chi connectivity index (χ1v) is 7.96. The SMILES string of the molecule is O=C(c1c[nH]c2cc(F)cc(F)c2c1=O)N1CCCc2ccccc21. The van der Waals surface area contributed by atoms with Gasteiger partial charge in [-0.25, -0.2) is 8.78 Å². The lowest BCUT2D eigenvalue weighted by Gasteiger charge is -2.29. The van der Waals surface area contributed by atoms with Crippen molar-refractivity contribution < 1.29 is 13.6 Å². The number of carbonyl (C=O) groups excluding carboxylic acids is 1. The van der Waals surface area contributed by atoms with Crippen molar-refractivity contribution in [3.8, 4) is 0 Å². The summed E-state index contributed by atoms with van der Waals surface area (Å²) in [5.74, 6) is -2.26. The molecule has 0 atom stereocenters. The third-order valence-electron chi connectivity index (χ3n) is 4.48. The van der Waals surface area contributed by atoms with E-state index < -0.39 is 23.0 Å². The summed E-state index contributed by atoms with van der Waals surface area (Å²) >= 11 is 0. The Morgan fingerprint density at radius 3 is 2.80 bits per heavy atom. The Bertz CT molecular complexity index is 1060. The van der Waals surface area contributed by atoms with Crippen molar-refractivity contribution in [2.45, 2.75) is 12.8 Å². The number of fused-ring (bicyclic) bond motifs is 2. The average molecular weight is 340 g/mol. The van der Waals surface area contributed by atoms with Crippen molar-refractivity contribution >= 4 is 22.5 Å². The van der Waals surface area contributed by atoms with E-state index in [0.717, 1.165) is 30.2 Å². The van der Waals surface area contributed by atoms with Crippen molar-refractivity contribution in [2.75, 3.05) is 11.4 Å². The second-order valence-electron chi connectivity index (χ2n) is 6.03. The molecule has 0 spiro atoms. The average Bonchev–Trinajstić information content (AvgIpc) is 2.60. The highest BCUT2D eigenvalue weighted by molar-refractivity contribution is 6.08. The number of aromatic amines is 1. The van der Waals surface area contributed by atoms with Crippen LogP contribution in [0.25, 0.3) is 10.9 Å². The molecule has 1 aliphatic rings. The number of aromatic nitrogens is 1. The van der Waals surface area contributed by atoms with E-state index in [9.17, 15) is 18.4 Å². The molecule has 1 aliphatic heterocycles. The van der Waals surface area contributed by atoms with Crippen LogP contribution in [-0.2, 0) is 6.42 Å². The van der Waals surface area contributed by atoms with Crippen LogP contribution in [0.3, 0.4) is 0 Å². The summed E-state index contributed by atoms with van der Waals surface area (Å²) in [5, 5.41) is -0.308. The number of nitrogens with zero attached hydrogens (tertiary/aromatic N) is 1. The number of rotatable bonds is 1. The third kappa shape index (κ3) is 2.50. The molecule has 3 aromatic rings.